The van der Waals surface area contributed by atoms with Crippen molar-refractivity contribution in [2.45, 2.75) is 38.8 Å². The van der Waals surface area contributed by atoms with Gasteiger partial charge in [-0.05, 0) is 18.8 Å². The summed E-state index contributed by atoms with van der Waals surface area (Å²) >= 11 is 0. The Bertz CT molecular complexity index is 230. The van der Waals surface area contributed by atoms with Crippen LogP contribution in [0.15, 0.2) is 0 Å². The molecular formula is C12H24N2O3. The van der Waals surface area contributed by atoms with E-state index in [1.165, 1.54) is 0 Å². The zero-order chi connectivity index (χ0) is 12.7. The Morgan fingerprint density at radius 3 is 2.35 bits per heavy atom. The molecule has 0 bridgehead atoms. The molecule has 17 heavy (non-hydrogen) atoms. The summed E-state index contributed by atoms with van der Waals surface area (Å²) in [7, 11) is 0. The van der Waals surface area contributed by atoms with Gasteiger partial charge in [0.05, 0.1) is 19.8 Å². The van der Waals surface area contributed by atoms with Crippen molar-refractivity contribution in [3.05, 3.63) is 0 Å². The molecule has 1 aliphatic rings. The number of ether oxygens (including phenoxy) is 2. The van der Waals surface area contributed by atoms with Crippen molar-refractivity contribution in [1.82, 2.24) is 5.32 Å². The highest BCUT2D eigenvalue weighted by Crippen LogP contribution is 2.19. The number of primary amides is 1. The second-order valence-electron chi connectivity index (χ2n) is 4.94. The first-order valence-corrected chi connectivity index (χ1v) is 6.30. The number of nitrogens with two attached hydrogens (primary N) is 1. The van der Waals surface area contributed by atoms with Crippen LogP contribution in [0.4, 0.5) is 0 Å². The molecule has 5 heteroatoms. The Hall–Kier alpha value is -0.650. The quantitative estimate of drug-likeness (QED) is 0.541. The summed E-state index contributed by atoms with van der Waals surface area (Å²) in [5.74, 6) is 0.185. The molecular weight excluding hydrogens is 220 g/mol. The lowest BCUT2D eigenvalue weighted by Gasteiger charge is -2.15. The standard InChI is InChI=1S/C12H24N2O3/c1-9(2)7-16-5-6-17-8-11(12(13)15)14-10-3-4-10/h9-11,14H,3-8H2,1-2H3,(H2,13,15). The summed E-state index contributed by atoms with van der Waals surface area (Å²) in [4.78, 5) is 11.1. The van der Waals surface area contributed by atoms with Crippen molar-refractivity contribution < 1.29 is 14.3 Å². The molecule has 1 fully saturated rings. The number of nitrogens with one attached hydrogen (secondary N) is 1. The number of carbonyl (C=O) groups is 1. The zero-order valence-electron chi connectivity index (χ0n) is 10.8. The molecule has 0 spiro atoms. The molecule has 5 nitrogen and oxygen atoms in total. The lowest BCUT2D eigenvalue weighted by Crippen LogP contribution is -2.45. The minimum Gasteiger partial charge on any atom is -0.379 e. The summed E-state index contributed by atoms with van der Waals surface area (Å²) in [6.07, 6.45) is 2.25. The summed E-state index contributed by atoms with van der Waals surface area (Å²) in [5.41, 5.74) is 5.28. The topological polar surface area (TPSA) is 73.6 Å². The lowest BCUT2D eigenvalue weighted by molar-refractivity contribution is -0.121. The zero-order valence-corrected chi connectivity index (χ0v) is 10.8. The van der Waals surface area contributed by atoms with Gasteiger partial charge in [0, 0.05) is 12.6 Å². The van der Waals surface area contributed by atoms with Gasteiger partial charge in [0.25, 0.3) is 0 Å². The van der Waals surface area contributed by atoms with Crippen molar-refractivity contribution in [1.29, 1.82) is 0 Å². The third kappa shape index (κ3) is 7.31. The summed E-state index contributed by atoms with van der Waals surface area (Å²) in [5, 5.41) is 3.16. The van der Waals surface area contributed by atoms with Gasteiger partial charge in [-0.3, -0.25) is 4.79 Å². The maximum atomic E-state index is 11.1. The second kappa shape index (κ2) is 7.63. The van der Waals surface area contributed by atoms with Gasteiger partial charge < -0.3 is 20.5 Å². The van der Waals surface area contributed by atoms with Crippen molar-refractivity contribution in [2.24, 2.45) is 11.7 Å². The fraction of sp³-hybridized carbons (Fsp3) is 0.917. The molecule has 0 aliphatic heterocycles. The minimum atomic E-state index is -0.368. The van der Waals surface area contributed by atoms with E-state index in [0.717, 1.165) is 19.4 Å². The van der Waals surface area contributed by atoms with Crippen LogP contribution in [0.25, 0.3) is 0 Å². The molecule has 0 saturated heterocycles. The normalized spacial score (nSPS) is 17.4. The number of rotatable bonds is 10. The van der Waals surface area contributed by atoms with Gasteiger partial charge in [-0.15, -0.1) is 0 Å². The molecule has 1 saturated carbocycles. The van der Waals surface area contributed by atoms with Crippen LogP contribution in [0, 0.1) is 5.92 Å². The molecule has 1 aliphatic carbocycles. The van der Waals surface area contributed by atoms with E-state index in [0.29, 0.717) is 31.8 Å². The smallest absolute Gasteiger partial charge is 0.236 e. The van der Waals surface area contributed by atoms with Gasteiger partial charge in [-0.2, -0.15) is 0 Å². The largest absolute Gasteiger partial charge is 0.379 e. The van der Waals surface area contributed by atoms with Crippen molar-refractivity contribution in [3.8, 4) is 0 Å². The lowest BCUT2D eigenvalue weighted by atomic mass is 10.2. The SMILES string of the molecule is CC(C)COCCOCC(NC1CC1)C(N)=O. The Morgan fingerprint density at radius 1 is 1.29 bits per heavy atom. The van der Waals surface area contributed by atoms with E-state index in [2.05, 4.69) is 19.2 Å². The number of amides is 1. The first-order chi connectivity index (χ1) is 8.09. The summed E-state index contributed by atoms with van der Waals surface area (Å²) in [6.45, 7) is 6.34. The Kier molecular flexibility index (Phi) is 6.47. The predicted octanol–water partition coefficient (Wildman–Crippen LogP) is 0.282. The average molecular weight is 244 g/mol. The molecule has 0 heterocycles. The van der Waals surface area contributed by atoms with Gasteiger partial charge >= 0.3 is 0 Å². The first-order valence-electron chi connectivity index (χ1n) is 6.30. The number of hydrogen-bond acceptors (Lipinski definition) is 4. The van der Waals surface area contributed by atoms with Crippen molar-refractivity contribution in [2.75, 3.05) is 26.4 Å². The van der Waals surface area contributed by atoms with Crippen molar-refractivity contribution in [3.63, 3.8) is 0 Å². The van der Waals surface area contributed by atoms with Gasteiger partial charge in [-0.1, -0.05) is 13.8 Å². The van der Waals surface area contributed by atoms with Crippen molar-refractivity contribution >= 4 is 5.91 Å². The van der Waals surface area contributed by atoms with Crippen LogP contribution in [-0.4, -0.2) is 44.4 Å². The highest BCUT2D eigenvalue weighted by atomic mass is 16.5. The van der Waals surface area contributed by atoms with Crippen LogP contribution in [0.2, 0.25) is 0 Å². The average Bonchev–Trinajstić information content (AvgIpc) is 3.04. The van der Waals surface area contributed by atoms with Gasteiger partial charge in [0.2, 0.25) is 5.91 Å². The third-order valence-corrected chi connectivity index (χ3v) is 2.47. The number of hydrogen-bond donors (Lipinski definition) is 2. The molecule has 0 aromatic carbocycles. The van der Waals surface area contributed by atoms with Crippen LogP contribution in [0.1, 0.15) is 26.7 Å². The molecule has 1 rings (SSSR count). The van der Waals surface area contributed by atoms with E-state index < -0.39 is 0 Å². The van der Waals surface area contributed by atoms with Crippen LogP contribution >= 0.6 is 0 Å². The Morgan fingerprint density at radius 2 is 1.88 bits per heavy atom. The van der Waals surface area contributed by atoms with Gasteiger partial charge in [0.15, 0.2) is 0 Å². The molecule has 0 aromatic heterocycles. The van der Waals surface area contributed by atoms with E-state index in [4.69, 9.17) is 15.2 Å². The van der Waals surface area contributed by atoms with E-state index >= 15 is 0 Å². The highest BCUT2D eigenvalue weighted by Gasteiger charge is 2.27. The molecule has 100 valence electrons. The van der Waals surface area contributed by atoms with E-state index in [-0.39, 0.29) is 11.9 Å². The Balaban J connectivity index is 2.00. The fourth-order valence-corrected chi connectivity index (χ4v) is 1.38. The van der Waals surface area contributed by atoms with E-state index in [9.17, 15) is 4.79 Å². The molecule has 3 N–H and O–H groups in total. The minimum absolute atomic E-state index is 0.330. The highest BCUT2D eigenvalue weighted by molar-refractivity contribution is 5.80. The van der Waals surface area contributed by atoms with Crippen LogP contribution < -0.4 is 11.1 Å². The summed E-state index contributed by atoms with van der Waals surface area (Å²) < 4.78 is 10.7. The maximum Gasteiger partial charge on any atom is 0.236 e. The summed E-state index contributed by atoms with van der Waals surface area (Å²) in [6, 6.07) is 0.0842. The third-order valence-electron chi connectivity index (χ3n) is 2.47. The molecule has 1 atom stereocenters. The predicted molar refractivity (Wildman–Crippen MR) is 65.6 cm³/mol. The maximum absolute atomic E-state index is 11.1. The molecule has 0 aromatic rings. The van der Waals surface area contributed by atoms with Gasteiger partial charge in [-0.25, -0.2) is 0 Å². The molecule has 0 radical (unpaired) electrons. The fourth-order valence-electron chi connectivity index (χ4n) is 1.38. The van der Waals surface area contributed by atoms with Crippen LogP contribution in [-0.2, 0) is 14.3 Å². The molecule has 1 amide bonds. The van der Waals surface area contributed by atoms with Crippen LogP contribution in [0.5, 0.6) is 0 Å². The van der Waals surface area contributed by atoms with Gasteiger partial charge in [0.1, 0.15) is 6.04 Å². The van der Waals surface area contributed by atoms with E-state index in [1.807, 2.05) is 0 Å². The monoisotopic (exact) mass is 244 g/mol. The number of carbonyl (C=O) groups excluding carboxylic acids is 1. The Labute approximate surface area is 103 Å². The van der Waals surface area contributed by atoms with Crippen LogP contribution in [0.3, 0.4) is 0 Å². The van der Waals surface area contributed by atoms with E-state index in [1.54, 1.807) is 0 Å². The molecule has 1 unspecified atom stereocenters. The first kappa shape index (κ1) is 14.4. The second-order valence-corrected chi connectivity index (χ2v) is 4.94.